The highest BCUT2D eigenvalue weighted by Crippen LogP contribution is 2.45. The van der Waals surface area contributed by atoms with Gasteiger partial charge < -0.3 is 20.5 Å². The van der Waals surface area contributed by atoms with Gasteiger partial charge in [0.15, 0.2) is 0 Å². The summed E-state index contributed by atoms with van der Waals surface area (Å²) in [5, 5.41) is 17.1. The molecule has 0 aliphatic carbocycles. The molecule has 202 valence electrons. The summed E-state index contributed by atoms with van der Waals surface area (Å²) in [4.78, 5) is 19.5. The summed E-state index contributed by atoms with van der Waals surface area (Å²) in [5.74, 6) is -0.310. The first-order chi connectivity index (χ1) is 18.2. The Kier molecular flexibility index (Phi) is 8.26. The van der Waals surface area contributed by atoms with Crippen molar-refractivity contribution >= 4 is 17.3 Å². The van der Waals surface area contributed by atoms with E-state index in [1.807, 2.05) is 33.0 Å². The maximum atomic E-state index is 12.6. The smallest absolute Gasteiger partial charge is 0.310 e. The molecule has 2 aromatic carbocycles. The summed E-state index contributed by atoms with van der Waals surface area (Å²) in [5.41, 5.74) is 7.37. The van der Waals surface area contributed by atoms with Crippen molar-refractivity contribution < 1.29 is 14.6 Å². The van der Waals surface area contributed by atoms with Crippen LogP contribution in [-0.2, 0) is 17.9 Å². The van der Waals surface area contributed by atoms with Crippen LogP contribution in [0.3, 0.4) is 0 Å². The number of benzene rings is 2. The lowest BCUT2D eigenvalue weighted by atomic mass is 9.69. The molecule has 7 heteroatoms. The average Bonchev–Trinajstić information content (AvgIpc) is 3.09. The summed E-state index contributed by atoms with van der Waals surface area (Å²) >= 11 is 0. The SMILES string of the molecule is CCNc1ccc(C(c2ccc(C)c(CN3CCOc4cccnc4C3)c2)C(C)(C)C(=O)O)c(C)c1NC. The van der Waals surface area contributed by atoms with E-state index in [2.05, 4.69) is 71.6 Å². The molecule has 0 radical (unpaired) electrons. The predicted octanol–water partition coefficient (Wildman–Crippen LogP) is 5.81. The minimum Gasteiger partial charge on any atom is -0.490 e. The zero-order valence-electron chi connectivity index (χ0n) is 23.4. The largest absolute Gasteiger partial charge is 0.490 e. The Bertz CT molecular complexity index is 1300. The minimum absolute atomic E-state index is 0.336. The first-order valence-corrected chi connectivity index (χ1v) is 13.3. The van der Waals surface area contributed by atoms with Gasteiger partial charge in [0.05, 0.1) is 22.5 Å². The molecule has 38 heavy (non-hydrogen) atoms. The van der Waals surface area contributed by atoms with Gasteiger partial charge in [0.1, 0.15) is 12.4 Å². The first kappa shape index (κ1) is 27.5. The zero-order valence-corrected chi connectivity index (χ0v) is 23.4. The number of aromatic nitrogens is 1. The van der Waals surface area contributed by atoms with Gasteiger partial charge in [-0.1, -0.05) is 24.3 Å². The van der Waals surface area contributed by atoms with Gasteiger partial charge in [0, 0.05) is 45.3 Å². The number of aryl methyl sites for hydroxylation is 1. The standard InChI is InChI=1S/C31H40N4O3/c1-7-33-25-13-12-24(21(3)29(25)32-6)28(31(4,5)30(36)37)22-11-10-20(2)23(17-22)18-35-15-16-38-27-9-8-14-34-26(27)19-35/h8-14,17,28,32-33H,7,15-16,18-19H2,1-6H3,(H,36,37). The predicted molar refractivity (Wildman–Crippen MR) is 153 cm³/mol. The number of carboxylic acid groups (broad SMARTS) is 1. The van der Waals surface area contributed by atoms with E-state index in [4.69, 9.17) is 4.74 Å². The van der Waals surface area contributed by atoms with Gasteiger partial charge in [0.25, 0.3) is 0 Å². The average molecular weight is 517 g/mol. The summed E-state index contributed by atoms with van der Waals surface area (Å²) in [7, 11) is 1.91. The number of hydrogen-bond donors (Lipinski definition) is 3. The van der Waals surface area contributed by atoms with Crippen molar-refractivity contribution in [3.05, 3.63) is 82.2 Å². The van der Waals surface area contributed by atoms with Gasteiger partial charge >= 0.3 is 5.97 Å². The number of aliphatic carboxylic acids is 1. The Labute approximate surface area is 226 Å². The van der Waals surface area contributed by atoms with E-state index in [1.165, 1.54) is 11.1 Å². The number of nitrogens with zero attached hydrogens (tertiary/aromatic N) is 2. The highest BCUT2D eigenvalue weighted by molar-refractivity contribution is 5.79. The molecule has 1 aliphatic rings. The molecular formula is C31H40N4O3. The van der Waals surface area contributed by atoms with E-state index in [-0.39, 0.29) is 5.92 Å². The van der Waals surface area contributed by atoms with E-state index in [9.17, 15) is 9.90 Å². The van der Waals surface area contributed by atoms with Gasteiger partial charge in [-0.25, -0.2) is 0 Å². The van der Waals surface area contributed by atoms with E-state index < -0.39 is 11.4 Å². The van der Waals surface area contributed by atoms with Crippen molar-refractivity contribution in [2.24, 2.45) is 5.41 Å². The normalized spacial score (nSPS) is 14.7. The van der Waals surface area contributed by atoms with Crippen molar-refractivity contribution in [3.63, 3.8) is 0 Å². The third-order valence-electron chi connectivity index (χ3n) is 7.70. The lowest BCUT2D eigenvalue weighted by Crippen LogP contribution is -2.33. The Hall–Kier alpha value is -3.58. The summed E-state index contributed by atoms with van der Waals surface area (Å²) < 4.78 is 5.92. The highest BCUT2D eigenvalue weighted by atomic mass is 16.5. The van der Waals surface area contributed by atoms with Crippen molar-refractivity contribution in [1.82, 2.24) is 9.88 Å². The molecule has 3 N–H and O–H groups in total. The highest BCUT2D eigenvalue weighted by Gasteiger charge is 2.40. The number of carboxylic acids is 1. The quantitative estimate of drug-likeness (QED) is 0.331. The molecule has 2 heterocycles. The second kappa shape index (κ2) is 11.4. The van der Waals surface area contributed by atoms with Crippen molar-refractivity contribution in [2.75, 3.05) is 37.4 Å². The van der Waals surface area contributed by atoms with Gasteiger partial charge in [-0.05, 0) is 80.6 Å². The molecular weight excluding hydrogens is 476 g/mol. The summed E-state index contributed by atoms with van der Waals surface area (Å²) in [6.07, 6.45) is 1.80. The molecule has 0 saturated carbocycles. The lowest BCUT2D eigenvalue weighted by molar-refractivity contribution is -0.147. The summed E-state index contributed by atoms with van der Waals surface area (Å²) in [6, 6.07) is 14.4. The fourth-order valence-corrected chi connectivity index (χ4v) is 5.48. The van der Waals surface area contributed by atoms with Gasteiger partial charge in [0.2, 0.25) is 0 Å². The van der Waals surface area contributed by atoms with E-state index in [1.54, 1.807) is 6.20 Å². The third-order valence-corrected chi connectivity index (χ3v) is 7.70. The molecule has 1 aromatic heterocycles. The fourth-order valence-electron chi connectivity index (χ4n) is 5.48. The number of pyridine rings is 1. The van der Waals surface area contributed by atoms with Crippen LogP contribution in [0.4, 0.5) is 11.4 Å². The molecule has 0 bridgehead atoms. The second-order valence-electron chi connectivity index (χ2n) is 10.6. The van der Waals surface area contributed by atoms with Crippen molar-refractivity contribution in [2.45, 2.75) is 53.6 Å². The molecule has 0 fully saturated rings. The van der Waals surface area contributed by atoms with E-state index in [0.29, 0.717) is 13.2 Å². The third kappa shape index (κ3) is 5.48. The van der Waals surface area contributed by atoms with Gasteiger partial charge in [-0.2, -0.15) is 0 Å². The number of anilines is 2. The molecule has 1 atom stereocenters. The van der Waals surface area contributed by atoms with Crippen LogP contribution in [0.2, 0.25) is 0 Å². The molecule has 4 rings (SSSR count). The topological polar surface area (TPSA) is 86.7 Å². The summed E-state index contributed by atoms with van der Waals surface area (Å²) in [6.45, 7) is 13.6. The maximum Gasteiger partial charge on any atom is 0.310 e. The van der Waals surface area contributed by atoms with Gasteiger partial charge in [-0.3, -0.25) is 14.7 Å². The number of nitrogens with one attached hydrogen (secondary N) is 2. The molecule has 3 aromatic rings. The van der Waals surface area contributed by atoms with Crippen LogP contribution >= 0.6 is 0 Å². The molecule has 1 aliphatic heterocycles. The Morgan fingerprint density at radius 3 is 2.71 bits per heavy atom. The van der Waals surface area contributed by atoms with Crippen LogP contribution in [-0.4, -0.2) is 47.7 Å². The van der Waals surface area contributed by atoms with Crippen molar-refractivity contribution in [3.8, 4) is 5.75 Å². The molecule has 0 saturated heterocycles. The monoisotopic (exact) mass is 516 g/mol. The maximum absolute atomic E-state index is 12.6. The molecule has 0 spiro atoms. The molecule has 7 nitrogen and oxygen atoms in total. The number of ether oxygens (including phenoxy) is 1. The van der Waals surface area contributed by atoms with Crippen LogP contribution in [0.25, 0.3) is 0 Å². The Balaban J connectivity index is 1.75. The lowest BCUT2D eigenvalue weighted by Gasteiger charge is -2.34. The van der Waals surface area contributed by atoms with Crippen LogP contribution in [0.5, 0.6) is 5.75 Å². The first-order valence-electron chi connectivity index (χ1n) is 13.3. The van der Waals surface area contributed by atoms with Crippen LogP contribution in [0.1, 0.15) is 60.2 Å². The van der Waals surface area contributed by atoms with Crippen LogP contribution in [0.15, 0.2) is 48.7 Å². The van der Waals surface area contributed by atoms with E-state index >= 15 is 0 Å². The second-order valence-corrected chi connectivity index (χ2v) is 10.6. The minimum atomic E-state index is -1.03. The number of hydrogen-bond acceptors (Lipinski definition) is 6. The fraction of sp³-hybridized carbons (Fsp3) is 0.419. The van der Waals surface area contributed by atoms with Gasteiger partial charge in [-0.15, -0.1) is 0 Å². The van der Waals surface area contributed by atoms with Crippen LogP contribution in [0, 0.1) is 19.3 Å². The Morgan fingerprint density at radius 1 is 1.21 bits per heavy atom. The molecule has 1 unspecified atom stereocenters. The van der Waals surface area contributed by atoms with E-state index in [0.717, 1.165) is 59.1 Å². The molecule has 0 amide bonds. The number of fused-ring (bicyclic) bond motifs is 1. The Morgan fingerprint density at radius 2 is 2.00 bits per heavy atom. The zero-order chi connectivity index (χ0) is 27.4. The number of carbonyl (C=O) groups is 1. The number of rotatable bonds is 9. The van der Waals surface area contributed by atoms with Crippen LogP contribution < -0.4 is 15.4 Å². The van der Waals surface area contributed by atoms with Crippen molar-refractivity contribution in [1.29, 1.82) is 0 Å².